The number of anilines is 2. The molecule has 0 radical (unpaired) electrons. The first-order chi connectivity index (χ1) is 30.2. The molecule has 3 saturated heterocycles. The van der Waals surface area contributed by atoms with E-state index in [0.29, 0.717) is 33.8 Å². The van der Waals surface area contributed by atoms with E-state index in [0.717, 1.165) is 10.1 Å². The minimum Gasteiger partial charge on any atom is -0.382 e. The zero-order valence-corrected chi connectivity index (χ0v) is 37.3. The molecule has 4 N–H and O–H groups in total. The molecule has 9 rings (SSSR count). The van der Waals surface area contributed by atoms with Crippen LogP contribution in [0.4, 0.5) is 11.6 Å². The van der Waals surface area contributed by atoms with E-state index in [4.69, 9.17) is 48.1 Å². The second-order valence-electron chi connectivity index (χ2n) is 13.5. The van der Waals surface area contributed by atoms with Gasteiger partial charge in [-0.25, -0.2) is 49.0 Å². The molecular weight excluding hydrogens is 927 g/mol. The standard InChI is InChI=1S/C34H38N12O10P2S4/c35-31-29-33(41-17-39-31)45(19-43-29)27-13-21-24(54-27)16-52-58(48,50-10-12-60-62-26-6-2-4-8-38-26)56-22-14-28(46-20-44-30-32(36)40-18-42-34(30)46)53-23(22)15-51-57(47,55-21)49-9-11-59-61-25-5-1-3-7-37-25/h1-8,17-24,27-28H,9-16H2,(H2,35,39,41)(H2,36,40,42)/t21-,22-,23-,24-,27-,28-,57?,58?/m1/s1. The Balaban J connectivity index is 0.976. The van der Waals surface area contributed by atoms with Crippen molar-refractivity contribution in [2.45, 2.75) is 59.8 Å². The van der Waals surface area contributed by atoms with Gasteiger partial charge in [0.1, 0.15) is 70.6 Å². The third-order valence-corrected chi connectivity index (χ3v) is 16.9. The Kier molecular flexibility index (Phi) is 13.9. The van der Waals surface area contributed by atoms with Gasteiger partial charge >= 0.3 is 15.6 Å². The van der Waals surface area contributed by atoms with Crippen molar-refractivity contribution < 1.29 is 45.7 Å². The van der Waals surface area contributed by atoms with Gasteiger partial charge in [-0.2, -0.15) is 0 Å². The van der Waals surface area contributed by atoms with E-state index in [9.17, 15) is 9.13 Å². The Morgan fingerprint density at radius 2 is 1.10 bits per heavy atom. The second-order valence-corrected chi connectivity index (χ2v) is 21.6. The highest BCUT2D eigenvalue weighted by molar-refractivity contribution is 8.77. The largest absolute Gasteiger partial charge is 0.475 e. The molecule has 28 heteroatoms. The van der Waals surface area contributed by atoms with Crippen LogP contribution in [-0.4, -0.2) is 111 Å². The Labute approximate surface area is 369 Å². The Bertz CT molecular complexity index is 2380. The lowest BCUT2D eigenvalue weighted by Gasteiger charge is -2.29. The van der Waals surface area contributed by atoms with Gasteiger partial charge in [0.05, 0.1) is 39.1 Å². The molecule has 328 valence electrons. The van der Waals surface area contributed by atoms with Crippen LogP contribution in [-0.2, 0) is 45.7 Å². The molecule has 3 aliphatic rings. The van der Waals surface area contributed by atoms with Gasteiger partial charge in [0.2, 0.25) is 0 Å². The van der Waals surface area contributed by atoms with Crippen LogP contribution in [0.25, 0.3) is 22.3 Å². The highest BCUT2D eigenvalue weighted by Crippen LogP contribution is 2.58. The fourth-order valence-electron chi connectivity index (χ4n) is 6.65. The number of hydrogen-bond donors (Lipinski definition) is 2. The first kappa shape index (κ1) is 43.8. The summed E-state index contributed by atoms with van der Waals surface area (Å²) in [6.07, 6.45) is 3.73. The zero-order chi connectivity index (χ0) is 42.5. The first-order valence-corrected chi connectivity index (χ1v) is 26.5. The van der Waals surface area contributed by atoms with Crippen LogP contribution < -0.4 is 11.5 Å². The molecule has 0 saturated carbocycles. The van der Waals surface area contributed by atoms with Gasteiger partial charge in [0.15, 0.2) is 22.9 Å². The van der Waals surface area contributed by atoms with Gasteiger partial charge in [-0.1, -0.05) is 33.7 Å². The summed E-state index contributed by atoms with van der Waals surface area (Å²) in [6.45, 7) is -0.784. The highest BCUT2D eigenvalue weighted by Gasteiger charge is 2.49. The van der Waals surface area contributed by atoms with Crippen LogP contribution in [0.1, 0.15) is 25.3 Å². The van der Waals surface area contributed by atoms with Gasteiger partial charge in [-0.15, -0.1) is 0 Å². The number of fused-ring (bicyclic) bond motifs is 4. The lowest BCUT2D eigenvalue weighted by molar-refractivity contribution is -0.0699. The predicted molar refractivity (Wildman–Crippen MR) is 230 cm³/mol. The molecule has 6 aromatic heterocycles. The quantitative estimate of drug-likeness (QED) is 0.0704. The fourth-order valence-corrected chi connectivity index (χ4v) is 13.1. The Morgan fingerprint density at radius 1 is 0.629 bits per heavy atom. The normalized spacial score (nSPS) is 28.1. The molecule has 22 nitrogen and oxygen atoms in total. The summed E-state index contributed by atoms with van der Waals surface area (Å²) in [5.74, 6) is 1.18. The van der Waals surface area contributed by atoms with Crippen LogP contribution >= 0.6 is 58.8 Å². The van der Waals surface area contributed by atoms with E-state index in [1.807, 2.05) is 36.4 Å². The molecule has 0 aromatic carbocycles. The molecule has 0 bridgehead atoms. The lowest BCUT2D eigenvalue weighted by atomic mass is 10.2. The number of ether oxygens (including phenoxy) is 2. The van der Waals surface area contributed by atoms with Crippen LogP contribution in [0.3, 0.4) is 0 Å². The van der Waals surface area contributed by atoms with Crippen molar-refractivity contribution in [2.75, 3.05) is 49.4 Å². The van der Waals surface area contributed by atoms with Crippen molar-refractivity contribution in [1.82, 2.24) is 49.0 Å². The van der Waals surface area contributed by atoms with Crippen LogP contribution in [0.5, 0.6) is 0 Å². The van der Waals surface area contributed by atoms with Gasteiger partial charge in [-0.05, 0) is 45.9 Å². The van der Waals surface area contributed by atoms with Crippen molar-refractivity contribution in [2.24, 2.45) is 0 Å². The maximum atomic E-state index is 14.8. The average molecular weight is 965 g/mol. The molecule has 0 amide bonds. The van der Waals surface area contributed by atoms with Crippen LogP contribution in [0.15, 0.2) is 84.2 Å². The summed E-state index contributed by atoms with van der Waals surface area (Å²) in [5.41, 5.74) is 13.7. The lowest BCUT2D eigenvalue weighted by Crippen LogP contribution is -2.33. The predicted octanol–water partition coefficient (Wildman–Crippen LogP) is 6.14. The number of imidazole rings is 2. The summed E-state index contributed by atoms with van der Waals surface area (Å²) in [5, 5.41) is 1.61. The van der Waals surface area contributed by atoms with Gasteiger partial charge < -0.3 is 20.9 Å². The molecule has 9 heterocycles. The van der Waals surface area contributed by atoms with Crippen LogP contribution in [0.2, 0.25) is 0 Å². The number of phosphoric acid groups is 2. The average Bonchev–Trinajstić information content (AvgIpc) is 4.08. The highest BCUT2D eigenvalue weighted by atomic mass is 33.1. The Morgan fingerprint density at radius 3 is 1.53 bits per heavy atom. The number of hydrogen-bond acceptors (Lipinski definition) is 24. The fraction of sp³-hybridized carbons (Fsp3) is 0.412. The summed E-state index contributed by atoms with van der Waals surface area (Å²) in [7, 11) is -3.02. The number of nitrogen functional groups attached to an aromatic ring is 2. The summed E-state index contributed by atoms with van der Waals surface area (Å²) >= 11 is 0. The van der Waals surface area contributed by atoms with Gasteiger partial charge in [0.25, 0.3) is 0 Å². The molecule has 0 spiro atoms. The molecule has 3 fully saturated rings. The number of nitrogens with two attached hydrogens (primary N) is 2. The molecule has 0 aliphatic carbocycles. The van der Waals surface area contributed by atoms with E-state index < -0.39 is 52.5 Å². The summed E-state index contributed by atoms with van der Waals surface area (Å²) in [6, 6.07) is 11.2. The summed E-state index contributed by atoms with van der Waals surface area (Å²) in [4.78, 5) is 34.1. The minimum absolute atomic E-state index is 0.0157. The van der Waals surface area contributed by atoms with Gasteiger partial charge in [-0.3, -0.25) is 36.3 Å². The van der Waals surface area contributed by atoms with Crippen molar-refractivity contribution in [3.8, 4) is 0 Å². The number of aromatic nitrogens is 10. The molecule has 8 atom stereocenters. The second kappa shape index (κ2) is 19.7. The maximum Gasteiger partial charge on any atom is 0.475 e. The van der Waals surface area contributed by atoms with Crippen molar-refractivity contribution >= 4 is 92.8 Å². The SMILES string of the molecule is Nc1ncnc2c1ncn2[C@H]1C[C@H]2OP(=O)(OCCSSc3ccccn3)OC[C@H]3O[C@@H](n4cnc5c(N)ncnc54)C[C@H]3OP(=O)(OCCSSc3ccccn3)OC[C@H]2O1. The van der Waals surface area contributed by atoms with E-state index in [1.54, 1.807) is 21.5 Å². The smallest absolute Gasteiger partial charge is 0.382 e. The van der Waals surface area contributed by atoms with E-state index >= 15 is 0 Å². The third-order valence-electron chi connectivity index (χ3n) is 9.47. The number of rotatable bonds is 14. The molecule has 62 heavy (non-hydrogen) atoms. The Hall–Kier alpha value is -3.46. The molecule has 6 aromatic rings. The maximum absolute atomic E-state index is 14.8. The van der Waals surface area contributed by atoms with Crippen molar-refractivity contribution in [3.05, 3.63) is 74.1 Å². The van der Waals surface area contributed by atoms with E-state index in [1.165, 1.54) is 68.5 Å². The zero-order valence-electron chi connectivity index (χ0n) is 32.3. The van der Waals surface area contributed by atoms with Crippen molar-refractivity contribution in [1.29, 1.82) is 0 Å². The minimum atomic E-state index is -4.41. The van der Waals surface area contributed by atoms with Gasteiger partial charge in [0, 0.05) is 36.7 Å². The number of phosphoric ester groups is 2. The topological polar surface area (TPSA) is 273 Å². The number of pyridine rings is 2. The number of nitrogens with zero attached hydrogens (tertiary/aromatic N) is 10. The molecule has 2 unspecified atom stereocenters. The van der Waals surface area contributed by atoms with Crippen molar-refractivity contribution in [3.63, 3.8) is 0 Å². The summed E-state index contributed by atoms with van der Waals surface area (Å²) < 4.78 is 82.5. The third kappa shape index (κ3) is 10.2. The van der Waals surface area contributed by atoms with E-state index in [-0.39, 0.29) is 50.9 Å². The molecule has 3 aliphatic heterocycles. The van der Waals surface area contributed by atoms with E-state index in [2.05, 4.69) is 39.9 Å². The first-order valence-electron chi connectivity index (χ1n) is 19.0. The molecular formula is C34H38N12O10P2S4. The monoisotopic (exact) mass is 964 g/mol. The van der Waals surface area contributed by atoms with Crippen LogP contribution in [0, 0.1) is 0 Å².